The van der Waals surface area contributed by atoms with Gasteiger partial charge in [-0.3, -0.25) is 9.36 Å². The first-order valence-corrected chi connectivity index (χ1v) is 11.4. The molecule has 0 bridgehead atoms. The van der Waals surface area contributed by atoms with Crippen molar-refractivity contribution in [3.05, 3.63) is 81.7 Å². The first-order valence-electron chi connectivity index (χ1n) is 10.5. The molecule has 4 rings (SSSR count). The summed E-state index contributed by atoms with van der Waals surface area (Å²) in [6, 6.07) is 16.7. The van der Waals surface area contributed by atoms with Crippen molar-refractivity contribution in [2.75, 3.05) is 13.7 Å². The summed E-state index contributed by atoms with van der Waals surface area (Å²) >= 11 is 1.51. The number of esters is 1. The quantitative estimate of drug-likeness (QED) is 0.282. The van der Waals surface area contributed by atoms with Crippen LogP contribution in [0, 0.1) is 0 Å². The van der Waals surface area contributed by atoms with Crippen LogP contribution in [0.1, 0.15) is 29.5 Å². The van der Waals surface area contributed by atoms with Gasteiger partial charge < -0.3 is 9.47 Å². The monoisotopic (exact) mass is 448 g/mol. The molecule has 0 aliphatic carbocycles. The topological polar surface area (TPSA) is 70.4 Å². The highest BCUT2D eigenvalue weighted by molar-refractivity contribution is 7.17. The number of aromatic nitrogens is 2. The normalized spacial score (nSPS) is 10.9. The average molecular weight is 449 g/mol. The van der Waals surface area contributed by atoms with E-state index in [1.165, 1.54) is 18.4 Å². The minimum Gasteiger partial charge on any atom is -0.494 e. The van der Waals surface area contributed by atoms with Crippen molar-refractivity contribution in [1.82, 2.24) is 9.55 Å². The molecule has 0 atom stereocenters. The molecule has 0 fully saturated rings. The van der Waals surface area contributed by atoms with Gasteiger partial charge in [-0.25, -0.2) is 9.78 Å². The summed E-state index contributed by atoms with van der Waals surface area (Å²) in [5, 5.41) is 2.69. The van der Waals surface area contributed by atoms with Crippen molar-refractivity contribution in [1.29, 1.82) is 0 Å². The Balaban J connectivity index is 1.50. The number of ether oxygens (including phenoxy) is 2. The molecule has 32 heavy (non-hydrogen) atoms. The van der Waals surface area contributed by atoms with Crippen LogP contribution in [0.2, 0.25) is 0 Å². The van der Waals surface area contributed by atoms with Gasteiger partial charge in [-0.05, 0) is 36.2 Å². The zero-order chi connectivity index (χ0) is 22.5. The number of carbonyl (C=O) groups is 1. The van der Waals surface area contributed by atoms with Crippen LogP contribution in [0.3, 0.4) is 0 Å². The number of hydrogen-bond acceptors (Lipinski definition) is 6. The summed E-state index contributed by atoms with van der Waals surface area (Å²) in [6.45, 7) is 2.98. The third-order valence-corrected chi connectivity index (χ3v) is 6.12. The van der Waals surface area contributed by atoms with Crippen LogP contribution in [0.25, 0.3) is 21.3 Å². The third kappa shape index (κ3) is 4.43. The Hall–Kier alpha value is -3.45. The smallest absolute Gasteiger partial charge is 0.337 e. The lowest BCUT2D eigenvalue weighted by atomic mass is 10.1. The van der Waals surface area contributed by atoms with E-state index in [2.05, 4.69) is 0 Å². The number of carbonyl (C=O) groups excluding carboxylic acids is 1. The third-order valence-electron chi connectivity index (χ3n) is 5.24. The molecule has 0 amide bonds. The molecule has 2 aromatic carbocycles. The maximum atomic E-state index is 13.4. The van der Waals surface area contributed by atoms with Crippen molar-refractivity contribution in [2.45, 2.75) is 26.3 Å². The second kappa shape index (κ2) is 9.78. The fraction of sp³-hybridized carbons (Fsp3) is 0.240. The molecule has 0 aliphatic rings. The lowest BCUT2D eigenvalue weighted by Crippen LogP contribution is -2.25. The van der Waals surface area contributed by atoms with Gasteiger partial charge in [-0.2, -0.15) is 0 Å². The Bertz CT molecular complexity index is 1280. The number of thiophene rings is 1. The molecule has 0 saturated heterocycles. The fourth-order valence-electron chi connectivity index (χ4n) is 3.61. The van der Waals surface area contributed by atoms with Crippen LogP contribution in [0.4, 0.5) is 0 Å². The van der Waals surface area contributed by atoms with Gasteiger partial charge in [-0.15, -0.1) is 11.3 Å². The molecule has 164 valence electrons. The van der Waals surface area contributed by atoms with Crippen LogP contribution in [0.5, 0.6) is 5.75 Å². The van der Waals surface area contributed by atoms with E-state index in [0.717, 1.165) is 21.8 Å². The highest BCUT2D eigenvalue weighted by atomic mass is 32.1. The summed E-state index contributed by atoms with van der Waals surface area (Å²) < 4.78 is 12.3. The number of rotatable bonds is 8. The summed E-state index contributed by atoms with van der Waals surface area (Å²) in [5.41, 5.74) is 2.42. The molecule has 0 aliphatic heterocycles. The molecule has 2 aromatic heterocycles. The lowest BCUT2D eigenvalue weighted by Gasteiger charge is -2.12. The summed E-state index contributed by atoms with van der Waals surface area (Å²) in [4.78, 5) is 30.5. The number of aryl methyl sites for hydroxylation is 1. The van der Waals surface area contributed by atoms with E-state index in [9.17, 15) is 9.59 Å². The summed E-state index contributed by atoms with van der Waals surface area (Å²) in [5.74, 6) is 1.07. The van der Waals surface area contributed by atoms with E-state index in [1.54, 1.807) is 28.8 Å². The highest BCUT2D eigenvalue weighted by Gasteiger charge is 2.16. The summed E-state index contributed by atoms with van der Waals surface area (Å²) in [7, 11) is 1.35. The number of hydrogen-bond donors (Lipinski definition) is 0. The van der Waals surface area contributed by atoms with E-state index in [-0.39, 0.29) is 11.5 Å². The van der Waals surface area contributed by atoms with Crippen LogP contribution in [-0.4, -0.2) is 29.2 Å². The maximum Gasteiger partial charge on any atom is 0.337 e. The zero-order valence-corrected chi connectivity index (χ0v) is 18.9. The van der Waals surface area contributed by atoms with Gasteiger partial charge in [-0.1, -0.05) is 37.3 Å². The van der Waals surface area contributed by atoms with Crippen molar-refractivity contribution >= 4 is 27.5 Å². The van der Waals surface area contributed by atoms with Crippen LogP contribution in [-0.2, 0) is 17.7 Å². The second-order valence-electron chi connectivity index (χ2n) is 7.25. The van der Waals surface area contributed by atoms with Gasteiger partial charge in [0.2, 0.25) is 0 Å². The Morgan fingerprint density at radius 1 is 1.09 bits per heavy atom. The van der Waals surface area contributed by atoms with E-state index in [0.29, 0.717) is 42.7 Å². The second-order valence-corrected chi connectivity index (χ2v) is 8.11. The standard InChI is InChI=1S/C25H24N2O4S/c1-3-21-26-23-22(20(16-32-23)17-8-5-4-6-9-17)24(28)27(21)14-7-15-31-19-12-10-18(11-13-19)25(29)30-2/h4-6,8-13,16H,3,7,14-15H2,1-2H3. The van der Waals surface area contributed by atoms with Crippen molar-refractivity contribution in [3.63, 3.8) is 0 Å². The molecule has 7 heteroatoms. The van der Waals surface area contributed by atoms with Gasteiger partial charge in [0.05, 0.1) is 24.7 Å². The van der Waals surface area contributed by atoms with Gasteiger partial charge in [0.15, 0.2) is 0 Å². The molecular weight excluding hydrogens is 424 g/mol. The van der Waals surface area contributed by atoms with Crippen molar-refractivity contribution < 1.29 is 14.3 Å². The largest absolute Gasteiger partial charge is 0.494 e. The molecule has 0 N–H and O–H groups in total. The Labute approximate surface area is 190 Å². The van der Waals surface area contributed by atoms with Crippen LogP contribution < -0.4 is 10.3 Å². The molecule has 6 nitrogen and oxygen atoms in total. The first-order chi connectivity index (χ1) is 15.6. The minimum atomic E-state index is -0.380. The Kier molecular flexibility index (Phi) is 6.66. The number of nitrogens with zero attached hydrogens (tertiary/aromatic N) is 2. The molecule has 4 aromatic rings. The highest BCUT2D eigenvalue weighted by Crippen LogP contribution is 2.31. The Morgan fingerprint density at radius 3 is 2.53 bits per heavy atom. The van der Waals surface area contributed by atoms with E-state index in [1.807, 2.05) is 42.6 Å². The number of fused-ring (bicyclic) bond motifs is 1. The minimum absolute atomic E-state index is 0.00520. The SMILES string of the molecule is CCc1nc2scc(-c3ccccc3)c2c(=O)n1CCCOc1ccc(C(=O)OC)cc1. The van der Waals surface area contributed by atoms with Gasteiger partial charge in [0.1, 0.15) is 16.4 Å². The van der Waals surface area contributed by atoms with Gasteiger partial charge in [0, 0.05) is 23.9 Å². The predicted molar refractivity (Wildman–Crippen MR) is 127 cm³/mol. The predicted octanol–water partition coefficient (Wildman–Crippen LogP) is 4.94. The van der Waals surface area contributed by atoms with E-state index < -0.39 is 0 Å². The van der Waals surface area contributed by atoms with Crippen LogP contribution in [0.15, 0.2) is 64.8 Å². The van der Waals surface area contributed by atoms with Crippen molar-refractivity contribution in [3.8, 4) is 16.9 Å². The molecular formula is C25H24N2O4S. The maximum absolute atomic E-state index is 13.4. The molecule has 0 radical (unpaired) electrons. The summed E-state index contributed by atoms with van der Waals surface area (Å²) in [6.07, 6.45) is 1.34. The van der Waals surface area contributed by atoms with Gasteiger partial charge in [0.25, 0.3) is 5.56 Å². The zero-order valence-electron chi connectivity index (χ0n) is 18.0. The fourth-order valence-corrected chi connectivity index (χ4v) is 4.57. The number of methoxy groups -OCH3 is 1. The van der Waals surface area contributed by atoms with Crippen molar-refractivity contribution in [2.24, 2.45) is 0 Å². The van der Waals surface area contributed by atoms with Gasteiger partial charge >= 0.3 is 5.97 Å². The number of benzene rings is 2. The average Bonchev–Trinajstić information content (AvgIpc) is 3.27. The first kappa shape index (κ1) is 21.8. The molecule has 0 unspecified atom stereocenters. The Morgan fingerprint density at radius 2 is 1.84 bits per heavy atom. The lowest BCUT2D eigenvalue weighted by molar-refractivity contribution is 0.0600. The molecule has 2 heterocycles. The van der Waals surface area contributed by atoms with E-state index in [4.69, 9.17) is 14.5 Å². The molecule has 0 spiro atoms. The van der Waals surface area contributed by atoms with Crippen LogP contribution >= 0.6 is 11.3 Å². The molecule has 0 saturated carbocycles. The van der Waals surface area contributed by atoms with E-state index >= 15 is 0 Å².